The molecule has 0 aliphatic carbocycles. The molecule has 2 N–H and O–H groups in total. The molecule has 26 heavy (non-hydrogen) atoms. The lowest BCUT2D eigenvalue weighted by Gasteiger charge is -2.10. The zero-order valence-corrected chi connectivity index (χ0v) is 14.5. The normalized spacial score (nSPS) is 10.4. The third kappa shape index (κ3) is 3.87. The monoisotopic (exact) mass is 353 g/mol. The highest BCUT2D eigenvalue weighted by Gasteiger charge is 2.11. The molecular weight excluding hydrogens is 334 g/mol. The Morgan fingerprint density at radius 1 is 1.04 bits per heavy atom. The molecule has 0 saturated heterocycles. The van der Waals surface area contributed by atoms with Crippen LogP contribution in [0, 0.1) is 0 Å². The molecule has 0 radical (unpaired) electrons. The first-order chi connectivity index (χ1) is 12.6. The summed E-state index contributed by atoms with van der Waals surface area (Å²) in [6, 6.07) is 15.7. The molecule has 1 aromatic heterocycles. The minimum absolute atomic E-state index is 0.159. The van der Waals surface area contributed by atoms with Crippen LogP contribution in [0.4, 0.5) is 5.69 Å². The zero-order chi connectivity index (χ0) is 18.5. The quantitative estimate of drug-likeness (QED) is 0.706. The first-order valence-electron chi connectivity index (χ1n) is 7.97. The van der Waals surface area contributed by atoms with Gasteiger partial charge in [0, 0.05) is 22.9 Å². The number of aliphatic hydroxyl groups excluding tert-OH is 1. The summed E-state index contributed by atoms with van der Waals surface area (Å²) in [6.07, 6.45) is 0. The van der Waals surface area contributed by atoms with Crippen LogP contribution in [0.1, 0.15) is 16.1 Å². The van der Waals surface area contributed by atoms with E-state index in [0.717, 1.165) is 5.56 Å². The molecule has 0 spiro atoms. The Morgan fingerprint density at radius 3 is 2.38 bits per heavy atom. The van der Waals surface area contributed by atoms with Crippen molar-refractivity contribution in [2.45, 2.75) is 6.61 Å². The fraction of sp³-hybridized carbons (Fsp3) is 0.150. The van der Waals surface area contributed by atoms with Crippen LogP contribution >= 0.6 is 0 Å². The Hall–Kier alpha value is -3.25. The number of ether oxygens (including phenoxy) is 2. The van der Waals surface area contributed by atoms with Crippen LogP contribution < -0.4 is 14.8 Å². The van der Waals surface area contributed by atoms with E-state index in [1.165, 1.54) is 14.2 Å². The number of benzene rings is 2. The lowest BCUT2D eigenvalue weighted by molar-refractivity contribution is 0.102. The molecule has 0 atom stereocenters. The second kappa shape index (κ2) is 7.76. The number of hydrogen-bond acceptors (Lipinski definition) is 5. The molecule has 1 heterocycles. The maximum Gasteiger partial charge on any atom is 0.255 e. The molecule has 0 saturated carbocycles. The van der Waals surface area contributed by atoms with Gasteiger partial charge in [0.1, 0.15) is 29.6 Å². The summed E-state index contributed by atoms with van der Waals surface area (Å²) in [7, 11) is 3.06. The van der Waals surface area contributed by atoms with Crippen molar-refractivity contribution in [3.8, 4) is 22.8 Å². The third-order valence-electron chi connectivity index (χ3n) is 3.84. The van der Waals surface area contributed by atoms with E-state index in [1.807, 2.05) is 12.1 Å². The number of aliphatic hydroxyl groups is 1. The van der Waals surface area contributed by atoms with Crippen molar-refractivity contribution in [2.24, 2.45) is 0 Å². The smallest absolute Gasteiger partial charge is 0.255 e. The first kappa shape index (κ1) is 17.6. The van der Waals surface area contributed by atoms with Crippen LogP contribution in [0.5, 0.6) is 11.5 Å². The fourth-order valence-corrected chi connectivity index (χ4v) is 2.51. The topological polar surface area (TPSA) is 80.9 Å². The SMILES string of the molecule is COc1cc(OC)cc(C(=O)Nc2cccc(-c3ccc(CO)o3)c2)c1. The van der Waals surface area contributed by atoms with Gasteiger partial charge in [-0.05, 0) is 36.4 Å². The van der Waals surface area contributed by atoms with Gasteiger partial charge < -0.3 is 24.3 Å². The molecule has 0 aliphatic heterocycles. The van der Waals surface area contributed by atoms with Gasteiger partial charge in [-0.1, -0.05) is 12.1 Å². The van der Waals surface area contributed by atoms with Gasteiger partial charge in [0.2, 0.25) is 0 Å². The lowest BCUT2D eigenvalue weighted by atomic mass is 10.1. The van der Waals surface area contributed by atoms with Gasteiger partial charge in [-0.15, -0.1) is 0 Å². The molecule has 3 aromatic rings. The van der Waals surface area contributed by atoms with Crippen LogP contribution in [-0.2, 0) is 6.61 Å². The van der Waals surface area contributed by atoms with E-state index in [4.69, 9.17) is 19.0 Å². The van der Waals surface area contributed by atoms with Gasteiger partial charge >= 0.3 is 0 Å². The first-order valence-corrected chi connectivity index (χ1v) is 7.97. The second-order valence-corrected chi connectivity index (χ2v) is 5.56. The molecular formula is C20H19NO5. The molecule has 6 nitrogen and oxygen atoms in total. The van der Waals surface area contributed by atoms with Crippen molar-refractivity contribution in [2.75, 3.05) is 19.5 Å². The van der Waals surface area contributed by atoms with E-state index in [-0.39, 0.29) is 12.5 Å². The molecule has 134 valence electrons. The number of anilines is 1. The van der Waals surface area contributed by atoms with Crippen LogP contribution in [0.15, 0.2) is 59.0 Å². The highest BCUT2D eigenvalue weighted by Crippen LogP contribution is 2.26. The van der Waals surface area contributed by atoms with Gasteiger partial charge in [-0.2, -0.15) is 0 Å². The maximum absolute atomic E-state index is 12.6. The molecule has 0 aliphatic rings. The third-order valence-corrected chi connectivity index (χ3v) is 3.84. The van der Waals surface area contributed by atoms with E-state index in [9.17, 15) is 4.79 Å². The highest BCUT2D eigenvalue weighted by molar-refractivity contribution is 6.05. The number of rotatable bonds is 6. The van der Waals surface area contributed by atoms with E-state index in [2.05, 4.69) is 5.32 Å². The average molecular weight is 353 g/mol. The number of carbonyl (C=O) groups excluding carboxylic acids is 1. The molecule has 1 amide bonds. The van der Waals surface area contributed by atoms with Crippen molar-refractivity contribution >= 4 is 11.6 Å². The number of nitrogens with one attached hydrogen (secondary N) is 1. The second-order valence-electron chi connectivity index (χ2n) is 5.56. The predicted octanol–water partition coefficient (Wildman–Crippen LogP) is 3.71. The molecule has 0 unspecified atom stereocenters. The molecule has 0 bridgehead atoms. The average Bonchev–Trinajstić information content (AvgIpc) is 3.17. The summed E-state index contributed by atoms with van der Waals surface area (Å²) >= 11 is 0. The lowest BCUT2D eigenvalue weighted by Crippen LogP contribution is -2.12. The van der Waals surface area contributed by atoms with Crippen LogP contribution in [0.25, 0.3) is 11.3 Å². The Balaban J connectivity index is 1.82. The van der Waals surface area contributed by atoms with Crippen molar-refractivity contribution in [1.82, 2.24) is 0 Å². The van der Waals surface area contributed by atoms with E-state index in [1.54, 1.807) is 42.5 Å². The number of carbonyl (C=O) groups is 1. The van der Waals surface area contributed by atoms with E-state index < -0.39 is 0 Å². The minimum Gasteiger partial charge on any atom is -0.497 e. The van der Waals surface area contributed by atoms with Gasteiger partial charge in [-0.25, -0.2) is 0 Å². The van der Waals surface area contributed by atoms with Gasteiger partial charge in [0.25, 0.3) is 5.91 Å². The zero-order valence-electron chi connectivity index (χ0n) is 14.5. The Bertz CT molecular complexity index is 894. The van der Waals surface area contributed by atoms with Crippen molar-refractivity contribution in [3.63, 3.8) is 0 Å². The summed E-state index contributed by atoms with van der Waals surface area (Å²) in [5, 5.41) is 12.0. The van der Waals surface area contributed by atoms with E-state index in [0.29, 0.717) is 34.3 Å². The van der Waals surface area contributed by atoms with E-state index >= 15 is 0 Å². The van der Waals surface area contributed by atoms with Crippen molar-refractivity contribution in [3.05, 3.63) is 65.9 Å². The number of methoxy groups -OCH3 is 2. The van der Waals surface area contributed by atoms with Gasteiger partial charge in [0.15, 0.2) is 0 Å². The summed E-state index contributed by atoms with van der Waals surface area (Å²) < 4.78 is 15.9. The minimum atomic E-state index is -0.283. The molecule has 0 fully saturated rings. The highest BCUT2D eigenvalue weighted by atomic mass is 16.5. The van der Waals surface area contributed by atoms with Crippen LogP contribution in [-0.4, -0.2) is 25.2 Å². The Labute approximate surface area is 151 Å². The van der Waals surface area contributed by atoms with Gasteiger partial charge in [-0.3, -0.25) is 4.79 Å². The Kier molecular flexibility index (Phi) is 5.24. The molecule has 3 rings (SSSR count). The number of hydrogen-bond donors (Lipinski definition) is 2. The predicted molar refractivity (Wildman–Crippen MR) is 97.6 cm³/mol. The standard InChI is InChI=1S/C20H19NO5/c1-24-17-9-14(10-18(11-17)25-2)20(23)21-15-5-3-4-13(8-15)19-7-6-16(12-22)26-19/h3-11,22H,12H2,1-2H3,(H,21,23). The summed E-state index contributed by atoms with van der Waals surface area (Å²) in [5.74, 6) is 1.90. The fourth-order valence-electron chi connectivity index (χ4n) is 2.51. The number of furan rings is 1. The number of amides is 1. The van der Waals surface area contributed by atoms with Crippen LogP contribution in [0.3, 0.4) is 0 Å². The molecule has 2 aromatic carbocycles. The summed E-state index contributed by atoms with van der Waals surface area (Å²) in [4.78, 5) is 12.6. The van der Waals surface area contributed by atoms with Crippen molar-refractivity contribution in [1.29, 1.82) is 0 Å². The maximum atomic E-state index is 12.6. The van der Waals surface area contributed by atoms with Crippen LogP contribution in [0.2, 0.25) is 0 Å². The molecule has 6 heteroatoms. The largest absolute Gasteiger partial charge is 0.497 e. The van der Waals surface area contributed by atoms with Gasteiger partial charge in [0.05, 0.1) is 14.2 Å². The summed E-state index contributed by atoms with van der Waals surface area (Å²) in [6.45, 7) is -0.159. The van der Waals surface area contributed by atoms with Crippen molar-refractivity contribution < 1.29 is 23.8 Å². The Morgan fingerprint density at radius 2 is 1.77 bits per heavy atom. The summed E-state index contributed by atoms with van der Waals surface area (Å²) in [5.41, 5.74) is 1.84.